The molecule has 10 heteroatoms. The predicted molar refractivity (Wildman–Crippen MR) is 102 cm³/mol. The van der Waals surface area contributed by atoms with E-state index in [9.17, 15) is 13.2 Å². The molecule has 150 valence electrons. The number of hydrogen-bond acceptors (Lipinski definition) is 7. The lowest BCUT2D eigenvalue weighted by Gasteiger charge is -2.28. The standard InChI is InChI=1S/C18H22N4O5S/c1-26-21-28(24,25)16-4-2-15(3-5-16)18(23)20-13-14-6-7-19-17(12-14)22-8-10-27-11-9-22/h2-7,12,21H,8-11,13H2,1H3,(H,20,23). The molecule has 0 bridgehead atoms. The van der Waals surface area contributed by atoms with Crippen molar-refractivity contribution in [1.29, 1.82) is 0 Å². The quantitative estimate of drug-likeness (QED) is 0.651. The minimum Gasteiger partial charge on any atom is -0.378 e. The molecule has 1 aliphatic rings. The number of benzene rings is 1. The minimum absolute atomic E-state index is 0.00943. The van der Waals surface area contributed by atoms with Gasteiger partial charge in [-0.25, -0.2) is 13.4 Å². The monoisotopic (exact) mass is 406 g/mol. The number of pyridine rings is 1. The number of rotatable bonds is 7. The average molecular weight is 406 g/mol. The highest BCUT2D eigenvalue weighted by Gasteiger charge is 2.15. The molecule has 9 nitrogen and oxygen atoms in total. The summed E-state index contributed by atoms with van der Waals surface area (Å²) in [6.45, 7) is 3.26. The van der Waals surface area contributed by atoms with E-state index in [4.69, 9.17) is 4.74 Å². The Morgan fingerprint density at radius 3 is 2.61 bits per heavy atom. The third-order valence-electron chi connectivity index (χ3n) is 4.22. The van der Waals surface area contributed by atoms with Gasteiger partial charge in [0.1, 0.15) is 5.82 Å². The van der Waals surface area contributed by atoms with Gasteiger partial charge in [0.05, 0.1) is 25.2 Å². The number of nitrogens with one attached hydrogen (secondary N) is 2. The SMILES string of the molecule is CONS(=O)(=O)c1ccc(C(=O)NCc2ccnc(N3CCOCC3)c2)cc1. The highest BCUT2D eigenvalue weighted by atomic mass is 32.2. The second kappa shape index (κ2) is 9.11. The molecular formula is C18H22N4O5S. The summed E-state index contributed by atoms with van der Waals surface area (Å²) in [6.07, 6.45) is 1.72. The molecule has 1 aromatic carbocycles. The van der Waals surface area contributed by atoms with Crippen LogP contribution in [-0.4, -0.2) is 52.7 Å². The van der Waals surface area contributed by atoms with Gasteiger partial charge in [-0.15, -0.1) is 0 Å². The molecule has 0 radical (unpaired) electrons. The zero-order valence-corrected chi connectivity index (χ0v) is 16.2. The Balaban J connectivity index is 1.61. The fraction of sp³-hybridized carbons (Fsp3) is 0.333. The van der Waals surface area contributed by atoms with Crippen molar-refractivity contribution in [2.75, 3.05) is 38.3 Å². The number of anilines is 1. The fourth-order valence-electron chi connectivity index (χ4n) is 2.76. The minimum atomic E-state index is -3.75. The number of amides is 1. The molecule has 0 unspecified atom stereocenters. The first-order valence-electron chi connectivity index (χ1n) is 8.70. The van der Waals surface area contributed by atoms with E-state index >= 15 is 0 Å². The van der Waals surface area contributed by atoms with E-state index in [2.05, 4.69) is 20.0 Å². The topological polar surface area (TPSA) is 110 Å². The third-order valence-corrected chi connectivity index (χ3v) is 5.50. The molecule has 28 heavy (non-hydrogen) atoms. The lowest BCUT2D eigenvalue weighted by atomic mass is 10.2. The molecule has 0 aliphatic carbocycles. The normalized spacial score (nSPS) is 14.7. The number of carbonyl (C=O) groups is 1. The highest BCUT2D eigenvalue weighted by Crippen LogP contribution is 2.15. The Kier molecular flexibility index (Phi) is 6.57. The van der Waals surface area contributed by atoms with Crippen LogP contribution in [0.25, 0.3) is 0 Å². The Hall–Kier alpha value is -2.53. The molecular weight excluding hydrogens is 384 g/mol. The van der Waals surface area contributed by atoms with Gasteiger partial charge in [-0.05, 0) is 42.0 Å². The second-order valence-electron chi connectivity index (χ2n) is 6.12. The molecule has 0 saturated carbocycles. The summed E-state index contributed by atoms with van der Waals surface area (Å²) in [7, 11) is -2.54. The van der Waals surface area contributed by atoms with Crippen molar-refractivity contribution in [1.82, 2.24) is 15.2 Å². The maximum Gasteiger partial charge on any atom is 0.262 e. The number of nitrogens with zero attached hydrogens (tertiary/aromatic N) is 2. The highest BCUT2D eigenvalue weighted by molar-refractivity contribution is 7.89. The summed E-state index contributed by atoms with van der Waals surface area (Å²) in [6, 6.07) is 9.38. The van der Waals surface area contributed by atoms with Crippen molar-refractivity contribution in [2.24, 2.45) is 0 Å². The van der Waals surface area contributed by atoms with E-state index in [1.54, 1.807) is 6.20 Å². The van der Waals surface area contributed by atoms with E-state index < -0.39 is 10.0 Å². The van der Waals surface area contributed by atoms with Crippen LogP contribution >= 0.6 is 0 Å². The van der Waals surface area contributed by atoms with E-state index in [0.717, 1.165) is 24.5 Å². The molecule has 1 fully saturated rings. The van der Waals surface area contributed by atoms with Gasteiger partial charge in [0.15, 0.2) is 0 Å². The van der Waals surface area contributed by atoms with Gasteiger partial charge < -0.3 is 15.0 Å². The number of sulfonamides is 1. The second-order valence-corrected chi connectivity index (χ2v) is 7.76. The van der Waals surface area contributed by atoms with Gasteiger partial charge in [0, 0.05) is 31.4 Å². The van der Waals surface area contributed by atoms with Gasteiger partial charge in [-0.1, -0.05) is 4.89 Å². The summed E-state index contributed by atoms with van der Waals surface area (Å²) in [4.78, 5) is 25.2. The van der Waals surface area contributed by atoms with E-state index in [-0.39, 0.29) is 10.8 Å². The van der Waals surface area contributed by atoms with Crippen LogP contribution in [0.15, 0.2) is 47.5 Å². The molecule has 0 spiro atoms. The first-order chi connectivity index (χ1) is 13.5. The molecule has 1 saturated heterocycles. The zero-order chi connectivity index (χ0) is 20.0. The van der Waals surface area contributed by atoms with Gasteiger partial charge in [-0.3, -0.25) is 9.63 Å². The van der Waals surface area contributed by atoms with Crippen LogP contribution in [0.1, 0.15) is 15.9 Å². The van der Waals surface area contributed by atoms with Gasteiger partial charge in [0.25, 0.3) is 15.9 Å². The predicted octanol–water partition coefficient (Wildman–Crippen LogP) is 0.688. The van der Waals surface area contributed by atoms with E-state index in [0.29, 0.717) is 25.3 Å². The van der Waals surface area contributed by atoms with Crippen LogP contribution in [0.2, 0.25) is 0 Å². The van der Waals surface area contributed by atoms with Crippen LogP contribution in [-0.2, 0) is 26.1 Å². The Morgan fingerprint density at radius 1 is 1.21 bits per heavy atom. The number of morpholine rings is 1. The summed E-state index contributed by atoms with van der Waals surface area (Å²) >= 11 is 0. The number of carbonyl (C=O) groups excluding carboxylic acids is 1. The van der Waals surface area contributed by atoms with Crippen LogP contribution in [0.4, 0.5) is 5.82 Å². The van der Waals surface area contributed by atoms with Crippen LogP contribution < -0.4 is 15.1 Å². The molecule has 2 N–H and O–H groups in total. The van der Waals surface area contributed by atoms with Crippen molar-refractivity contribution in [3.05, 3.63) is 53.7 Å². The summed E-state index contributed by atoms with van der Waals surface area (Å²) in [5.41, 5.74) is 1.28. The Bertz CT molecular complexity index is 912. The molecule has 3 rings (SSSR count). The van der Waals surface area contributed by atoms with Crippen molar-refractivity contribution in [3.8, 4) is 0 Å². The Morgan fingerprint density at radius 2 is 1.93 bits per heavy atom. The van der Waals surface area contributed by atoms with E-state index in [1.807, 2.05) is 17.0 Å². The average Bonchev–Trinajstić information content (AvgIpc) is 2.73. The maximum atomic E-state index is 12.3. The fourth-order valence-corrected chi connectivity index (χ4v) is 3.57. The van der Waals surface area contributed by atoms with Gasteiger partial charge >= 0.3 is 0 Å². The van der Waals surface area contributed by atoms with Gasteiger partial charge in [0.2, 0.25) is 0 Å². The smallest absolute Gasteiger partial charge is 0.262 e. The zero-order valence-electron chi connectivity index (χ0n) is 15.4. The summed E-state index contributed by atoms with van der Waals surface area (Å²) < 4.78 is 29.0. The van der Waals surface area contributed by atoms with Crippen LogP contribution in [0, 0.1) is 0 Å². The van der Waals surface area contributed by atoms with Crippen molar-refractivity contribution in [2.45, 2.75) is 11.4 Å². The van der Waals surface area contributed by atoms with Crippen molar-refractivity contribution in [3.63, 3.8) is 0 Å². The van der Waals surface area contributed by atoms with Crippen molar-refractivity contribution >= 4 is 21.7 Å². The summed E-state index contributed by atoms with van der Waals surface area (Å²) in [5, 5.41) is 2.83. The molecule has 1 aliphatic heterocycles. The molecule has 2 heterocycles. The molecule has 1 amide bonds. The third kappa shape index (κ3) is 5.04. The number of aromatic nitrogens is 1. The number of hydrogen-bond donors (Lipinski definition) is 2. The molecule has 0 atom stereocenters. The summed E-state index contributed by atoms with van der Waals surface area (Å²) in [5.74, 6) is 0.559. The lowest BCUT2D eigenvalue weighted by Crippen LogP contribution is -2.36. The first kappa shape index (κ1) is 20.2. The first-order valence-corrected chi connectivity index (χ1v) is 10.2. The molecule has 1 aromatic heterocycles. The number of ether oxygens (including phenoxy) is 1. The van der Waals surface area contributed by atoms with E-state index in [1.165, 1.54) is 31.4 Å². The molecule has 2 aromatic rings. The van der Waals surface area contributed by atoms with Gasteiger partial charge in [-0.2, -0.15) is 0 Å². The van der Waals surface area contributed by atoms with Crippen LogP contribution in [0.3, 0.4) is 0 Å². The largest absolute Gasteiger partial charge is 0.378 e. The maximum absolute atomic E-state index is 12.3. The Labute approximate surface area is 163 Å². The van der Waals surface area contributed by atoms with Crippen LogP contribution in [0.5, 0.6) is 0 Å². The van der Waals surface area contributed by atoms with Crippen molar-refractivity contribution < 1.29 is 22.8 Å². The lowest BCUT2D eigenvalue weighted by molar-refractivity contribution is 0.0951.